The lowest BCUT2D eigenvalue weighted by Crippen LogP contribution is -2.38. The molecular weight excluding hydrogens is 258 g/mol. The fourth-order valence-corrected chi connectivity index (χ4v) is 1.66. The second-order valence-electron chi connectivity index (χ2n) is 5.54. The second-order valence-corrected chi connectivity index (χ2v) is 5.54. The van der Waals surface area contributed by atoms with Crippen molar-refractivity contribution in [1.29, 1.82) is 0 Å². The first kappa shape index (κ1) is 16.2. The normalized spacial score (nSPS) is 12.7. The SMILES string of the molecule is COC(=O)c1cccc(C[C@H](N)C(=O)OC(C)(C)C)c1. The predicted molar refractivity (Wildman–Crippen MR) is 75.3 cm³/mol. The average Bonchev–Trinajstić information content (AvgIpc) is 2.36. The zero-order valence-corrected chi connectivity index (χ0v) is 12.3. The van der Waals surface area contributed by atoms with Crippen LogP contribution in [0.15, 0.2) is 24.3 Å². The Balaban J connectivity index is 2.73. The maximum Gasteiger partial charge on any atom is 0.337 e. The van der Waals surface area contributed by atoms with Crippen LogP contribution in [0, 0.1) is 0 Å². The van der Waals surface area contributed by atoms with Crippen LogP contribution in [0.4, 0.5) is 0 Å². The fourth-order valence-electron chi connectivity index (χ4n) is 1.66. The number of esters is 2. The number of rotatable bonds is 4. The average molecular weight is 279 g/mol. The monoisotopic (exact) mass is 279 g/mol. The van der Waals surface area contributed by atoms with Crippen LogP contribution in [0.2, 0.25) is 0 Å². The number of methoxy groups -OCH3 is 1. The molecule has 1 rings (SSSR count). The van der Waals surface area contributed by atoms with Gasteiger partial charge in [0.1, 0.15) is 11.6 Å². The number of ether oxygens (including phenoxy) is 2. The summed E-state index contributed by atoms with van der Waals surface area (Å²) in [5.41, 5.74) is 6.47. The molecule has 5 heteroatoms. The molecule has 0 spiro atoms. The Bertz CT molecular complexity index is 491. The van der Waals surface area contributed by atoms with E-state index in [1.807, 2.05) is 0 Å². The lowest BCUT2D eigenvalue weighted by molar-refractivity contribution is -0.156. The van der Waals surface area contributed by atoms with Crippen LogP contribution in [-0.2, 0) is 20.7 Å². The van der Waals surface area contributed by atoms with Gasteiger partial charge in [0.2, 0.25) is 0 Å². The number of carbonyl (C=O) groups is 2. The molecule has 110 valence electrons. The van der Waals surface area contributed by atoms with Gasteiger partial charge in [-0.3, -0.25) is 4.79 Å². The van der Waals surface area contributed by atoms with Gasteiger partial charge in [-0.15, -0.1) is 0 Å². The van der Waals surface area contributed by atoms with E-state index >= 15 is 0 Å². The molecule has 1 aromatic rings. The van der Waals surface area contributed by atoms with Crippen molar-refractivity contribution >= 4 is 11.9 Å². The van der Waals surface area contributed by atoms with Crippen molar-refractivity contribution < 1.29 is 19.1 Å². The zero-order valence-electron chi connectivity index (χ0n) is 12.3. The van der Waals surface area contributed by atoms with Crippen LogP contribution >= 0.6 is 0 Å². The van der Waals surface area contributed by atoms with E-state index in [2.05, 4.69) is 4.74 Å². The smallest absolute Gasteiger partial charge is 0.337 e. The lowest BCUT2D eigenvalue weighted by Gasteiger charge is -2.22. The molecule has 0 aliphatic carbocycles. The van der Waals surface area contributed by atoms with Crippen molar-refractivity contribution in [3.05, 3.63) is 35.4 Å². The summed E-state index contributed by atoms with van der Waals surface area (Å²) in [6, 6.07) is 6.08. The van der Waals surface area contributed by atoms with Crippen LogP contribution in [0.1, 0.15) is 36.7 Å². The second kappa shape index (κ2) is 6.52. The van der Waals surface area contributed by atoms with Crippen molar-refractivity contribution in [2.24, 2.45) is 5.73 Å². The van der Waals surface area contributed by atoms with Crippen molar-refractivity contribution in [2.75, 3.05) is 7.11 Å². The quantitative estimate of drug-likeness (QED) is 0.848. The Morgan fingerprint density at radius 1 is 1.30 bits per heavy atom. The first-order chi connectivity index (χ1) is 9.23. The summed E-state index contributed by atoms with van der Waals surface area (Å²) in [7, 11) is 1.32. The van der Waals surface area contributed by atoms with E-state index in [9.17, 15) is 9.59 Å². The molecule has 0 radical (unpaired) electrons. The Labute approximate surface area is 119 Å². The molecule has 0 saturated carbocycles. The molecule has 0 heterocycles. The summed E-state index contributed by atoms with van der Waals surface area (Å²) >= 11 is 0. The highest BCUT2D eigenvalue weighted by Gasteiger charge is 2.22. The number of nitrogens with two attached hydrogens (primary N) is 1. The van der Waals surface area contributed by atoms with Crippen molar-refractivity contribution in [2.45, 2.75) is 38.8 Å². The summed E-state index contributed by atoms with van der Waals surface area (Å²) in [6.45, 7) is 5.36. The van der Waals surface area contributed by atoms with Gasteiger partial charge < -0.3 is 15.2 Å². The molecule has 0 aliphatic heterocycles. The Hall–Kier alpha value is -1.88. The third-order valence-electron chi connectivity index (χ3n) is 2.51. The minimum absolute atomic E-state index is 0.305. The van der Waals surface area contributed by atoms with Crippen LogP contribution in [0.5, 0.6) is 0 Å². The molecule has 1 atom stereocenters. The Kier molecular flexibility index (Phi) is 5.27. The van der Waals surface area contributed by atoms with Gasteiger partial charge >= 0.3 is 11.9 Å². The Morgan fingerprint density at radius 2 is 1.95 bits per heavy atom. The summed E-state index contributed by atoms with van der Waals surface area (Å²) in [4.78, 5) is 23.2. The number of hydrogen-bond donors (Lipinski definition) is 1. The minimum atomic E-state index is -0.762. The molecule has 0 unspecified atom stereocenters. The summed E-state index contributed by atoms with van der Waals surface area (Å²) in [6.07, 6.45) is 0.305. The molecule has 0 bridgehead atoms. The van der Waals surface area contributed by atoms with Gasteiger partial charge in [-0.1, -0.05) is 12.1 Å². The van der Waals surface area contributed by atoms with Crippen LogP contribution in [0.3, 0.4) is 0 Å². The van der Waals surface area contributed by atoms with E-state index in [-0.39, 0.29) is 0 Å². The first-order valence-corrected chi connectivity index (χ1v) is 6.38. The molecular formula is C15H21NO4. The maximum atomic E-state index is 11.8. The summed E-state index contributed by atoms with van der Waals surface area (Å²) in [5, 5.41) is 0. The van der Waals surface area contributed by atoms with E-state index < -0.39 is 23.6 Å². The van der Waals surface area contributed by atoms with E-state index in [0.29, 0.717) is 12.0 Å². The zero-order chi connectivity index (χ0) is 15.3. The molecule has 1 aromatic carbocycles. The van der Waals surface area contributed by atoms with Gasteiger partial charge in [0.05, 0.1) is 12.7 Å². The molecule has 0 amide bonds. The van der Waals surface area contributed by atoms with Gasteiger partial charge in [0.25, 0.3) is 0 Å². The third-order valence-corrected chi connectivity index (χ3v) is 2.51. The largest absolute Gasteiger partial charge is 0.465 e. The topological polar surface area (TPSA) is 78.6 Å². The van der Waals surface area contributed by atoms with Crippen LogP contribution in [-0.4, -0.2) is 30.7 Å². The van der Waals surface area contributed by atoms with E-state index in [0.717, 1.165) is 5.56 Å². The van der Waals surface area contributed by atoms with Crippen LogP contribution in [0.25, 0.3) is 0 Å². The highest BCUT2D eigenvalue weighted by molar-refractivity contribution is 5.89. The number of carbonyl (C=O) groups excluding carboxylic acids is 2. The predicted octanol–water partition coefficient (Wildman–Crippen LogP) is 1.68. The van der Waals surface area contributed by atoms with Crippen LogP contribution < -0.4 is 5.73 Å². The van der Waals surface area contributed by atoms with Crippen molar-refractivity contribution in [3.63, 3.8) is 0 Å². The highest BCUT2D eigenvalue weighted by Crippen LogP contribution is 2.12. The molecule has 2 N–H and O–H groups in total. The third kappa shape index (κ3) is 5.01. The molecule has 20 heavy (non-hydrogen) atoms. The summed E-state index contributed by atoms with van der Waals surface area (Å²) in [5.74, 6) is -0.876. The first-order valence-electron chi connectivity index (χ1n) is 6.38. The van der Waals surface area contributed by atoms with Gasteiger partial charge in [-0.05, 0) is 44.9 Å². The molecule has 0 aliphatic rings. The Morgan fingerprint density at radius 3 is 2.50 bits per heavy atom. The van der Waals surface area contributed by atoms with Gasteiger partial charge in [-0.2, -0.15) is 0 Å². The number of benzene rings is 1. The highest BCUT2D eigenvalue weighted by atomic mass is 16.6. The van der Waals surface area contributed by atoms with Gasteiger partial charge in [-0.25, -0.2) is 4.79 Å². The maximum absolute atomic E-state index is 11.8. The summed E-state index contributed by atoms with van der Waals surface area (Å²) < 4.78 is 9.86. The standard InChI is InChI=1S/C15H21NO4/c1-15(2,3)20-14(18)12(16)9-10-6-5-7-11(8-10)13(17)19-4/h5-8,12H,9,16H2,1-4H3/t12-/m0/s1. The minimum Gasteiger partial charge on any atom is -0.465 e. The molecule has 5 nitrogen and oxygen atoms in total. The fraction of sp³-hybridized carbons (Fsp3) is 0.467. The number of hydrogen-bond acceptors (Lipinski definition) is 5. The van der Waals surface area contributed by atoms with Gasteiger partial charge in [0.15, 0.2) is 0 Å². The lowest BCUT2D eigenvalue weighted by atomic mass is 10.0. The van der Waals surface area contributed by atoms with E-state index in [1.54, 1.807) is 45.0 Å². The van der Waals surface area contributed by atoms with E-state index in [1.165, 1.54) is 7.11 Å². The molecule has 0 saturated heterocycles. The van der Waals surface area contributed by atoms with Crippen molar-refractivity contribution in [1.82, 2.24) is 0 Å². The van der Waals surface area contributed by atoms with E-state index in [4.69, 9.17) is 10.5 Å². The molecule has 0 fully saturated rings. The van der Waals surface area contributed by atoms with Gasteiger partial charge in [0, 0.05) is 0 Å². The molecule has 0 aromatic heterocycles. The van der Waals surface area contributed by atoms with Crippen molar-refractivity contribution in [3.8, 4) is 0 Å².